The standard InChI is InChI=1S/C27H37N7O5S/c1-15(2)23(34-24(35)19(28)8-9-40-3)26(37)32-21(11-17-13-29-14-31-17)25(36)33-22(27(38)39)10-16-12-30-20-7-5-4-6-18(16)20/h4-7,12-15,19,21-23,30H,8-11,28H2,1-3H3,(H,29,31)(H,32,37)(H,33,36)(H,34,35)(H,38,39). The van der Waals surface area contributed by atoms with E-state index < -0.39 is 47.9 Å². The molecule has 3 aromatic rings. The maximum absolute atomic E-state index is 13.4. The molecule has 0 aliphatic carbocycles. The molecule has 2 heterocycles. The number of fused-ring (bicyclic) bond motifs is 1. The zero-order valence-corrected chi connectivity index (χ0v) is 23.6. The summed E-state index contributed by atoms with van der Waals surface area (Å²) in [5.41, 5.74) is 8.13. The fourth-order valence-corrected chi connectivity index (χ4v) is 4.74. The Kier molecular flexibility index (Phi) is 11.1. The number of rotatable bonds is 15. The van der Waals surface area contributed by atoms with Gasteiger partial charge in [0.1, 0.15) is 18.1 Å². The Hall–Kier alpha value is -3.84. The summed E-state index contributed by atoms with van der Waals surface area (Å²) in [4.78, 5) is 61.4. The number of carbonyl (C=O) groups is 4. The van der Waals surface area contributed by atoms with Gasteiger partial charge in [-0.15, -0.1) is 0 Å². The predicted molar refractivity (Wildman–Crippen MR) is 154 cm³/mol. The van der Waals surface area contributed by atoms with Crippen LogP contribution in [0.5, 0.6) is 0 Å². The molecule has 40 heavy (non-hydrogen) atoms. The molecule has 0 saturated heterocycles. The van der Waals surface area contributed by atoms with E-state index in [1.807, 2.05) is 30.5 Å². The van der Waals surface area contributed by atoms with E-state index in [1.54, 1.807) is 31.8 Å². The second-order valence-electron chi connectivity index (χ2n) is 9.92. The van der Waals surface area contributed by atoms with Gasteiger partial charge in [-0.05, 0) is 36.0 Å². The zero-order chi connectivity index (χ0) is 29.2. The molecule has 216 valence electrons. The lowest BCUT2D eigenvalue weighted by Gasteiger charge is -2.27. The molecule has 1 aromatic carbocycles. The summed E-state index contributed by atoms with van der Waals surface area (Å²) in [6.07, 6.45) is 7.11. The van der Waals surface area contributed by atoms with Crippen LogP contribution >= 0.6 is 11.8 Å². The van der Waals surface area contributed by atoms with Crippen LogP contribution in [0.2, 0.25) is 0 Å². The summed E-state index contributed by atoms with van der Waals surface area (Å²) < 4.78 is 0. The molecule has 8 N–H and O–H groups in total. The van der Waals surface area contributed by atoms with Crippen molar-refractivity contribution in [2.75, 3.05) is 12.0 Å². The predicted octanol–water partition coefficient (Wildman–Crippen LogP) is 0.952. The van der Waals surface area contributed by atoms with Crippen molar-refractivity contribution < 1.29 is 24.3 Å². The minimum absolute atomic E-state index is 0.0308. The van der Waals surface area contributed by atoms with Crippen LogP contribution in [0.1, 0.15) is 31.5 Å². The topological polar surface area (TPSA) is 195 Å². The molecule has 4 unspecified atom stereocenters. The molecule has 0 bridgehead atoms. The van der Waals surface area contributed by atoms with Gasteiger partial charge < -0.3 is 36.8 Å². The molecule has 0 radical (unpaired) electrons. The number of hydrogen-bond acceptors (Lipinski definition) is 7. The summed E-state index contributed by atoms with van der Waals surface area (Å²) in [6.45, 7) is 3.53. The highest BCUT2D eigenvalue weighted by atomic mass is 32.2. The molecule has 0 spiro atoms. The van der Waals surface area contributed by atoms with Gasteiger partial charge in [0.25, 0.3) is 0 Å². The number of nitrogens with one attached hydrogen (secondary N) is 5. The third-order valence-electron chi connectivity index (χ3n) is 6.54. The smallest absolute Gasteiger partial charge is 0.326 e. The van der Waals surface area contributed by atoms with Crippen molar-refractivity contribution in [1.82, 2.24) is 30.9 Å². The van der Waals surface area contributed by atoms with Gasteiger partial charge in [-0.1, -0.05) is 32.0 Å². The molecular formula is C27H37N7O5S. The van der Waals surface area contributed by atoms with Crippen LogP contribution < -0.4 is 21.7 Å². The van der Waals surface area contributed by atoms with E-state index in [1.165, 1.54) is 12.5 Å². The van der Waals surface area contributed by atoms with E-state index in [2.05, 4.69) is 30.9 Å². The van der Waals surface area contributed by atoms with Gasteiger partial charge in [0.15, 0.2) is 0 Å². The molecule has 13 heteroatoms. The number of carbonyl (C=O) groups excluding carboxylic acids is 3. The normalized spacial score (nSPS) is 14.3. The van der Waals surface area contributed by atoms with Crippen molar-refractivity contribution >= 4 is 46.4 Å². The number of aromatic amines is 2. The number of carboxylic acids is 1. The van der Waals surface area contributed by atoms with E-state index in [0.717, 1.165) is 16.5 Å². The lowest BCUT2D eigenvalue weighted by molar-refractivity contribution is -0.142. The van der Waals surface area contributed by atoms with Gasteiger partial charge in [-0.25, -0.2) is 9.78 Å². The van der Waals surface area contributed by atoms with Crippen LogP contribution in [0.3, 0.4) is 0 Å². The minimum atomic E-state index is -1.25. The van der Waals surface area contributed by atoms with Crippen LogP contribution in [0.4, 0.5) is 0 Å². The van der Waals surface area contributed by atoms with Crippen LogP contribution in [0, 0.1) is 5.92 Å². The van der Waals surface area contributed by atoms with Gasteiger partial charge >= 0.3 is 5.97 Å². The second-order valence-corrected chi connectivity index (χ2v) is 10.9. The van der Waals surface area contributed by atoms with Gasteiger partial charge in [-0.3, -0.25) is 14.4 Å². The first-order valence-electron chi connectivity index (χ1n) is 13.0. The number of imidazole rings is 1. The number of aromatic nitrogens is 3. The number of amides is 3. The second kappa shape index (κ2) is 14.5. The Labute approximate surface area is 236 Å². The summed E-state index contributed by atoms with van der Waals surface area (Å²) in [7, 11) is 0. The third kappa shape index (κ3) is 8.33. The van der Waals surface area contributed by atoms with Crippen molar-refractivity contribution in [1.29, 1.82) is 0 Å². The van der Waals surface area contributed by atoms with Crippen molar-refractivity contribution in [3.8, 4) is 0 Å². The first-order chi connectivity index (χ1) is 19.1. The molecule has 2 aromatic heterocycles. The third-order valence-corrected chi connectivity index (χ3v) is 7.19. The fraction of sp³-hybridized carbons (Fsp3) is 0.444. The van der Waals surface area contributed by atoms with Gasteiger partial charge in [0, 0.05) is 41.8 Å². The van der Waals surface area contributed by atoms with E-state index in [0.29, 0.717) is 17.9 Å². The molecule has 4 atom stereocenters. The number of nitrogens with zero attached hydrogens (tertiary/aromatic N) is 1. The van der Waals surface area contributed by atoms with Crippen molar-refractivity contribution in [3.63, 3.8) is 0 Å². The van der Waals surface area contributed by atoms with E-state index >= 15 is 0 Å². The monoisotopic (exact) mass is 571 g/mol. The Morgan fingerprint density at radius 2 is 1.73 bits per heavy atom. The molecular weight excluding hydrogens is 534 g/mol. The van der Waals surface area contributed by atoms with Crippen molar-refractivity contribution in [3.05, 3.63) is 54.2 Å². The van der Waals surface area contributed by atoms with Gasteiger partial charge in [0.05, 0.1) is 12.4 Å². The average molecular weight is 572 g/mol. The summed E-state index contributed by atoms with van der Waals surface area (Å²) in [5, 5.41) is 18.7. The molecule has 0 aliphatic rings. The van der Waals surface area contributed by atoms with Crippen molar-refractivity contribution in [2.24, 2.45) is 11.7 Å². The van der Waals surface area contributed by atoms with Crippen LogP contribution in [-0.2, 0) is 32.0 Å². The maximum Gasteiger partial charge on any atom is 0.326 e. The Morgan fingerprint density at radius 3 is 2.38 bits per heavy atom. The average Bonchev–Trinajstić information content (AvgIpc) is 3.59. The molecule has 0 fully saturated rings. The van der Waals surface area contributed by atoms with Gasteiger partial charge in [-0.2, -0.15) is 11.8 Å². The lowest BCUT2D eigenvalue weighted by atomic mass is 10.0. The van der Waals surface area contributed by atoms with Crippen LogP contribution in [0.15, 0.2) is 43.0 Å². The molecule has 3 amide bonds. The van der Waals surface area contributed by atoms with Gasteiger partial charge in [0.2, 0.25) is 17.7 Å². The maximum atomic E-state index is 13.4. The number of thioether (sulfide) groups is 1. The molecule has 0 aliphatic heterocycles. The highest BCUT2D eigenvalue weighted by Gasteiger charge is 2.32. The zero-order valence-electron chi connectivity index (χ0n) is 22.8. The molecule has 3 rings (SSSR count). The Morgan fingerprint density at radius 1 is 1.00 bits per heavy atom. The number of para-hydroxylation sites is 1. The first-order valence-corrected chi connectivity index (χ1v) is 14.4. The highest BCUT2D eigenvalue weighted by Crippen LogP contribution is 2.19. The Bertz CT molecular complexity index is 1290. The minimum Gasteiger partial charge on any atom is -0.480 e. The lowest BCUT2D eigenvalue weighted by Crippen LogP contribution is -2.59. The quantitative estimate of drug-likeness (QED) is 0.140. The number of carboxylic acid groups (broad SMARTS) is 1. The van der Waals surface area contributed by atoms with E-state index in [9.17, 15) is 24.3 Å². The van der Waals surface area contributed by atoms with Crippen LogP contribution in [0.25, 0.3) is 10.9 Å². The summed E-state index contributed by atoms with van der Waals surface area (Å²) >= 11 is 1.56. The van der Waals surface area contributed by atoms with Crippen LogP contribution in [-0.4, -0.2) is 79.9 Å². The van der Waals surface area contributed by atoms with E-state index in [4.69, 9.17) is 5.73 Å². The number of nitrogens with two attached hydrogens (primary N) is 1. The number of benzene rings is 1. The summed E-state index contributed by atoms with van der Waals surface area (Å²) in [5.74, 6) is -2.53. The first kappa shape index (κ1) is 30.7. The highest BCUT2D eigenvalue weighted by molar-refractivity contribution is 7.98. The van der Waals surface area contributed by atoms with Crippen molar-refractivity contribution in [2.45, 2.75) is 57.3 Å². The number of hydrogen-bond donors (Lipinski definition) is 7. The molecule has 0 saturated carbocycles. The Balaban J connectivity index is 1.76. The fourth-order valence-electron chi connectivity index (χ4n) is 4.25. The number of aliphatic carboxylic acids is 1. The SMILES string of the molecule is CSCCC(N)C(=O)NC(C(=O)NC(Cc1cnc[nH]1)C(=O)NC(Cc1c[nH]c2ccccc12)C(=O)O)C(C)C. The van der Waals surface area contributed by atoms with E-state index in [-0.39, 0.29) is 18.8 Å². The largest absolute Gasteiger partial charge is 0.480 e. The number of H-pyrrole nitrogens is 2. The molecule has 12 nitrogen and oxygen atoms in total. The summed E-state index contributed by atoms with van der Waals surface area (Å²) in [6, 6.07) is 3.36.